The van der Waals surface area contributed by atoms with Crippen LogP contribution < -0.4 is 5.32 Å². The van der Waals surface area contributed by atoms with Crippen molar-refractivity contribution in [3.05, 3.63) is 53.1 Å². The highest BCUT2D eigenvalue weighted by molar-refractivity contribution is 5.20. The van der Waals surface area contributed by atoms with E-state index >= 15 is 0 Å². The van der Waals surface area contributed by atoms with E-state index in [1.165, 1.54) is 5.56 Å². The van der Waals surface area contributed by atoms with Crippen LogP contribution in [-0.2, 0) is 6.54 Å². The molecule has 0 aliphatic carbocycles. The summed E-state index contributed by atoms with van der Waals surface area (Å²) in [5, 5.41) is 3.58. The van der Waals surface area contributed by atoms with Crippen LogP contribution in [0.1, 0.15) is 35.7 Å². The number of hydrogen-bond acceptors (Lipinski definition) is 3. The van der Waals surface area contributed by atoms with Gasteiger partial charge in [-0.2, -0.15) is 0 Å². The first kappa shape index (κ1) is 15.7. The van der Waals surface area contributed by atoms with Crippen LogP contribution in [0.25, 0.3) is 0 Å². The molecule has 114 valence electrons. The van der Waals surface area contributed by atoms with Crippen molar-refractivity contribution in [1.29, 1.82) is 0 Å². The van der Waals surface area contributed by atoms with E-state index in [2.05, 4.69) is 78.5 Å². The highest BCUT2D eigenvalue weighted by Crippen LogP contribution is 2.21. The zero-order chi connectivity index (χ0) is 15.4. The van der Waals surface area contributed by atoms with Crippen molar-refractivity contribution in [2.75, 3.05) is 14.1 Å². The number of aromatic amines is 1. The minimum Gasteiger partial charge on any atom is -0.345 e. The van der Waals surface area contributed by atoms with E-state index < -0.39 is 0 Å². The van der Waals surface area contributed by atoms with Gasteiger partial charge in [0.25, 0.3) is 0 Å². The minimum atomic E-state index is 0.327. The maximum atomic E-state index is 4.53. The fourth-order valence-electron chi connectivity index (χ4n) is 2.76. The molecule has 0 radical (unpaired) electrons. The van der Waals surface area contributed by atoms with E-state index in [0.717, 1.165) is 23.8 Å². The summed E-state index contributed by atoms with van der Waals surface area (Å²) in [6, 6.07) is 11.3. The molecule has 0 spiro atoms. The monoisotopic (exact) mass is 286 g/mol. The van der Waals surface area contributed by atoms with E-state index in [-0.39, 0.29) is 0 Å². The average molecular weight is 286 g/mol. The molecule has 21 heavy (non-hydrogen) atoms. The van der Waals surface area contributed by atoms with E-state index in [9.17, 15) is 0 Å². The average Bonchev–Trinajstić information content (AvgIpc) is 2.76. The predicted octanol–water partition coefficient (Wildman–Crippen LogP) is 2.81. The highest BCUT2D eigenvalue weighted by atomic mass is 15.1. The number of hydrogen-bond donors (Lipinski definition) is 2. The van der Waals surface area contributed by atoms with Crippen molar-refractivity contribution in [1.82, 2.24) is 20.2 Å². The lowest BCUT2D eigenvalue weighted by molar-refractivity contribution is 0.239. The van der Waals surface area contributed by atoms with Crippen LogP contribution in [-0.4, -0.2) is 35.0 Å². The van der Waals surface area contributed by atoms with Crippen LogP contribution in [0.4, 0.5) is 0 Å². The lowest BCUT2D eigenvalue weighted by Crippen LogP contribution is -2.39. The lowest BCUT2D eigenvalue weighted by Gasteiger charge is -2.31. The number of aromatic nitrogens is 2. The summed E-state index contributed by atoms with van der Waals surface area (Å²) in [7, 11) is 4.24. The third kappa shape index (κ3) is 3.93. The molecule has 4 nitrogen and oxygen atoms in total. The topological polar surface area (TPSA) is 44.0 Å². The van der Waals surface area contributed by atoms with Crippen LogP contribution in [0.5, 0.6) is 0 Å². The second-order valence-corrected chi connectivity index (χ2v) is 5.88. The second-order valence-electron chi connectivity index (χ2n) is 5.88. The summed E-state index contributed by atoms with van der Waals surface area (Å²) in [4.78, 5) is 10.1. The van der Waals surface area contributed by atoms with Gasteiger partial charge in [-0.15, -0.1) is 0 Å². The number of imidazole rings is 1. The zero-order valence-corrected chi connectivity index (χ0v) is 13.6. The molecule has 0 aliphatic rings. The molecule has 2 N–H and O–H groups in total. The third-order valence-corrected chi connectivity index (χ3v) is 3.94. The van der Waals surface area contributed by atoms with E-state index in [1.54, 1.807) is 0 Å². The Morgan fingerprint density at radius 1 is 1.19 bits per heavy atom. The largest absolute Gasteiger partial charge is 0.345 e. The maximum absolute atomic E-state index is 4.53. The van der Waals surface area contributed by atoms with E-state index in [0.29, 0.717) is 12.1 Å². The van der Waals surface area contributed by atoms with Gasteiger partial charge in [0.2, 0.25) is 0 Å². The molecular weight excluding hydrogens is 260 g/mol. The molecule has 2 rings (SSSR count). The first-order valence-corrected chi connectivity index (χ1v) is 7.46. The van der Waals surface area contributed by atoms with Crippen molar-refractivity contribution in [2.45, 2.75) is 39.4 Å². The Morgan fingerprint density at radius 3 is 2.38 bits per heavy atom. The van der Waals surface area contributed by atoms with Crippen molar-refractivity contribution >= 4 is 0 Å². The van der Waals surface area contributed by atoms with E-state index in [4.69, 9.17) is 0 Å². The molecule has 0 aliphatic heterocycles. The normalized spacial score (nSPS) is 14.4. The van der Waals surface area contributed by atoms with Gasteiger partial charge in [0.05, 0.1) is 12.2 Å². The maximum Gasteiger partial charge on any atom is 0.120 e. The number of nitrogens with zero attached hydrogens (tertiary/aromatic N) is 2. The number of rotatable bonds is 6. The van der Waals surface area contributed by atoms with Gasteiger partial charge in [-0.1, -0.05) is 30.3 Å². The molecule has 1 aromatic carbocycles. The number of H-pyrrole nitrogens is 1. The van der Waals surface area contributed by atoms with Crippen molar-refractivity contribution in [2.24, 2.45) is 0 Å². The Labute approximate surface area is 127 Å². The SMILES string of the molecule is Cc1nc(CN[C@H](C)[C@@H](c2ccccc2)N(C)C)[nH]c1C. The van der Waals surface area contributed by atoms with Gasteiger partial charge in [-0.25, -0.2) is 4.98 Å². The van der Waals surface area contributed by atoms with Gasteiger partial charge in [-0.3, -0.25) is 0 Å². The Bertz CT molecular complexity index is 540. The quantitative estimate of drug-likeness (QED) is 0.858. The van der Waals surface area contributed by atoms with Crippen molar-refractivity contribution in [3.8, 4) is 0 Å². The molecule has 0 amide bonds. The summed E-state index contributed by atoms with van der Waals surface area (Å²) in [5.41, 5.74) is 3.55. The van der Waals surface area contributed by atoms with Crippen LogP contribution in [0.3, 0.4) is 0 Å². The van der Waals surface area contributed by atoms with Crippen molar-refractivity contribution in [3.63, 3.8) is 0 Å². The fourth-order valence-corrected chi connectivity index (χ4v) is 2.76. The molecular formula is C17H26N4. The predicted molar refractivity (Wildman–Crippen MR) is 87.2 cm³/mol. The molecule has 0 saturated heterocycles. The van der Waals surface area contributed by atoms with Crippen LogP contribution in [0, 0.1) is 13.8 Å². The van der Waals surface area contributed by atoms with Crippen LogP contribution in [0.15, 0.2) is 30.3 Å². The molecule has 0 fully saturated rings. The summed E-state index contributed by atoms with van der Waals surface area (Å²) in [6.07, 6.45) is 0. The van der Waals surface area contributed by atoms with Gasteiger partial charge in [0.1, 0.15) is 5.82 Å². The Morgan fingerprint density at radius 2 is 1.86 bits per heavy atom. The summed E-state index contributed by atoms with van der Waals surface area (Å²) >= 11 is 0. The fraction of sp³-hybridized carbons (Fsp3) is 0.471. The smallest absolute Gasteiger partial charge is 0.120 e. The van der Waals surface area contributed by atoms with Gasteiger partial charge >= 0.3 is 0 Å². The molecule has 0 unspecified atom stereocenters. The van der Waals surface area contributed by atoms with Gasteiger partial charge in [0.15, 0.2) is 0 Å². The molecule has 0 saturated carbocycles. The standard InChI is InChI=1S/C17H26N4/c1-12-13(2)20-16(19-12)11-18-14(3)17(21(4)5)15-9-7-6-8-10-15/h6-10,14,17-18H,11H2,1-5H3,(H,19,20)/t14-,17+/m1/s1. The molecule has 2 aromatic rings. The molecule has 2 atom stereocenters. The Hall–Kier alpha value is -1.65. The first-order valence-electron chi connectivity index (χ1n) is 7.46. The molecule has 0 bridgehead atoms. The third-order valence-electron chi connectivity index (χ3n) is 3.94. The highest BCUT2D eigenvalue weighted by Gasteiger charge is 2.21. The van der Waals surface area contributed by atoms with Crippen LogP contribution in [0.2, 0.25) is 0 Å². The van der Waals surface area contributed by atoms with Gasteiger partial charge in [0, 0.05) is 17.8 Å². The summed E-state index contributed by atoms with van der Waals surface area (Å²) < 4.78 is 0. The minimum absolute atomic E-state index is 0.327. The lowest BCUT2D eigenvalue weighted by atomic mass is 9.99. The Balaban J connectivity index is 2.04. The summed E-state index contributed by atoms with van der Waals surface area (Å²) in [5.74, 6) is 1.00. The molecule has 1 aromatic heterocycles. The number of likely N-dealkylation sites (N-methyl/N-ethyl adjacent to an activating group) is 1. The summed E-state index contributed by atoms with van der Waals surface area (Å²) in [6.45, 7) is 7.07. The Kier molecular flexibility index (Phi) is 5.15. The van der Waals surface area contributed by atoms with Gasteiger partial charge < -0.3 is 15.2 Å². The van der Waals surface area contributed by atoms with E-state index in [1.807, 2.05) is 6.92 Å². The molecule has 1 heterocycles. The zero-order valence-electron chi connectivity index (χ0n) is 13.6. The number of aryl methyl sites for hydroxylation is 2. The van der Waals surface area contributed by atoms with Gasteiger partial charge in [-0.05, 0) is 40.4 Å². The second kappa shape index (κ2) is 6.87. The van der Waals surface area contributed by atoms with Crippen LogP contribution >= 0.6 is 0 Å². The van der Waals surface area contributed by atoms with Crippen molar-refractivity contribution < 1.29 is 0 Å². The number of benzene rings is 1. The number of nitrogens with one attached hydrogen (secondary N) is 2. The molecule has 4 heteroatoms. The first-order chi connectivity index (χ1) is 9.99.